The summed E-state index contributed by atoms with van der Waals surface area (Å²) in [4.78, 5) is 2.37. The molecule has 1 aromatic carbocycles. The molecule has 106 valence electrons. The molecule has 1 heterocycles. The molecule has 3 nitrogen and oxygen atoms in total. The topological polar surface area (TPSA) is 24.5 Å². The van der Waals surface area contributed by atoms with Crippen LogP contribution in [0.15, 0.2) is 24.3 Å². The van der Waals surface area contributed by atoms with E-state index in [0.29, 0.717) is 5.75 Å². The monoisotopic (exact) mass is 270 g/mol. The van der Waals surface area contributed by atoms with E-state index in [1.54, 1.807) is 12.1 Å². The second-order valence-corrected chi connectivity index (χ2v) is 5.03. The van der Waals surface area contributed by atoms with Crippen molar-refractivity contribution in [3.05, 3.63) is 29.8 Å². The highest BCUT2D eigenvalue weighted by atomic mass is 19.3. The van der Waals surface area contributed by atoms with Crippen LogP contribution in [0, 0.1) is 0 Å². The summed E-state index contributed by atoms with van der Waals surface area (Å²) in [7, 11) is 0. The first kappa shape index (κ1) is 14.2. The number of alkyl halides is 2. The molecule has 0 atom stereocenters. The molecule has 0 unspecified atom stereocenters. The summed E-state index contributed by atoms with van der Waals surface area (Å²) in [5.41, 5.74) is 1.18. The van der Waals surface area contributed by atoms with Gasteiger partial charge in [0.1, 0.15) is 5.75 Å². The zero-order chi connectivity index (χ0) is 13.7. The molecule has 5 heteroatoms. The number of rotatable bonds is 5. The molecular formula is C14H20F2N2O. The molecule has 1 N–H and O–H groups in total. The van der Waals surface area contributed by atoms with Gasteiger partial charge in [-0.05, 0) is 17.7 Å². The van der Waals surface area contributed by atoms with Gasteiger partial charge in [-0.3, -0.25) is 4.90 Å². The van der Waals surface area contributed by atoms with Crippen LogP contribution in [0.1, 0.15) is 12.5 Å². The number of hydrogen-bond donors (Lipinski definition) is 1. The molecule has 1 fully saturated rings. The van der Waals surface area contributed by atoms with E-state index in [2.05, 4.69) is 10.2 Å². The zero-order valence-electron chi connectivity index (χ0n) is 11.2. The maximum atomic E-state index is 12.7. The summed E-state index contributed by atoms with van der Waals surface area (Å²) in [5, 5.41) is 3.31. The third kappa shape index (κ3) is 5.12. The minimum atomic E-state index is -2.79. The Labute approximate surface area is 112 Å². The summed E-state index contributed by atoms with van der Waals surface area (Å²) in [6.07, 6.45) is 0. The standard InChI is InChI=1S/C14H20F2N2O/c1-14(15,16)11-19-13-4-2-12(3-5-13)10-18-8-6-17-7-9-18/h2-5,17H,6-11H2,1H3. The Hall–Kier alpha value is -1.20. The van der Waals surface area contributed by atoms with Crippen LogP contribution in [0.3, 0.4) is 0 Å². The second-order valence-electron chi connectivity index (χ2n) is 5.03. The summed E-state index contributed by atoms with van der Waals surface area (Å²) >= 11 is 0. The molecule has 0 amide bonds. The first-order valence-electron chi connectivity index (χ1n) is 6.56. The van der Waals surface area contributed by atoms with Gasteiger partial charge in [0.25, 0.3) is 5.92 Å². The predicted octanol–water partition coefficient (Wildman–Crippen LogP) is 2.13. The van der Waals surface area contributed by atoms with Crippen molar-refractivity contribution in [3.8, 4) is 5.75 Å². The predicted molar refractivity (Wildman–Crippen MR) is 70.7 cm³/mol. The number of nitrogens with one attached hydrogen (secondary N) is 1. The number of nitrogens with zero attached hydrogens (tertiary/aromatic N) is 1. The highest BCUT2D eigenvalue weighted by Crippen LogP contribution is 2.18. The molecule has 0 aliphatic carbocycles. The van der Waals surface area contributed by atoms with Crippen LogP contribution in [0.2, 0.25) is 0 Å². The number of benzene rings is 1. The van der Waals surface area contributed by atoms with Crippen molar-refractivity contribution in [2.75, 3.05) is 32.8 Å². The van der Waals surface area contributed by atoms with Gasteiger partial charge < -0.3 is 10.1 Å². The van der Waals surface area contributed by atoms with Crippen molar-refractivity contribution in [2.45, 2.75) is 19.4 Å². The van der Waals surface area contributed by atoms with Crippen LogP contribution < -0.4 is 10.1 Å². The average molecular weight is 270 g/mol. The van der Waals surface area contributed by atoms with E-state index < -0.39 is 12.5 Å². The van der Waals surface area contributed by atoms with Crippen molar-refractivity contribution in [1.29, 1.82) is 0 Å². The van der Waals surface area contributed by atoms with Gasteiger partial charge in [0.05, 0.1) is 0 Å². The van der Waals surface area contributed by atoms with E-state index in [0.717, 1.165) is 39.6 Å². The van der Waals surface area contributed by atoms with Crippen LogP contribution in [-0.2, 0) is 6.54 Å². The maximum Gasteiger partial charge on any atom is 0.278 e. The van der Waals surface area contributed by atoms with Gasteiger partial charge >= 0.3 is 0 Å². The first-order valence-corrected chi connectivity index (χ1v) is 6.56. The lowest BCUT2D eigenvalue weighted by Crippen LogP contribution is -2.42. The van der Waals surface area contributed by atoms with Crippen molar-refractivity contribution in [2.24, 2.45) is 0 Å². The number of halogens is 2. The first-order chi connectivity index (χ1) is 9.03. The third-order valence-corrected chi connectivity index (χ3v) is 3.03. The van der Waals surface area contributed by atoms with Crippen LogP contribution >= 0.6 is 0 Å². The molecule has 1 aliphatic heterocycles. The van der Waals surface area contributed by atoms with Gasteiger partial charge in [-0.15, -0.1) is 0 Å². The number of hydrogen-bond acceptors (Lipinski definition) is 3. The molecule has 2 rings (SSSR count). The molecule has 1 aromatic rings. The molecule has 0 radical (unpaired) electrons. The molecule has 1 saturated heterocycles. The van der Waals surface area contributed by atoms with Crippen LogP contribution in [0.5, 0.6) is 5.75 Å². The Bertz CT molecular complexity index is 383. The van der Waals surface area contributed by atoms with Crippen molar-refractivity contribution in [1.82, 2.24) is 10.2 Å². The Kier molecular flexibility index (Phi) is 4.71. The van der Waals surface area contributed by atoms with Gasteiger partial charge in [-0.25, -0.2) is 8.78 Å². The fourth-order valence-electron chi connectivity index (χ4n) is 2.03. The number of ether oxygens (including phenoxy) is 1. The summed E-state index contributed by atoms with van der Waals surface area (Å²) in [6.45, 7) is 5.29. The lowest BCUT2D eigenvalue weighted by Gasteiger charge is -2.27. The smallest absolute Gasteiger partial charge is 0.278 e. The van der Waals surface area contributed by atoms with Crippen LogP contribution in [0.4, 0.5) is 8.78 Å². The molecule has 0 aromatic heterocycles. The van der Waals surface area contributed by atoms with E-state index in [1.807, 2.05) is 12.1 Å². The van der Waals surface area contributed by atoms with Gasteiger partial charge in [0.2, 0.25) is 0 Å². The van der Waals surface area contributed by atoms with E-state index >= 15 is 0 Å². The molecule has 0 bridgehead atoms. The lowest BCUT2D eigenvalue weighted by atomic mass is 10.2. The van der Waals surface area contributed by atoms with Crippen molar-refractivity contribution < 1.29 is 13.5 Å². The molecule has 19 heavy (non-hydrogen) atoms. The highest BCUT2D eigenvalue weighted by molar-refractivity contribution is 5.27. The van der Waals surface area contributed by atoms with E-state index in [1.165, 1.54) is 5.56 Å². The maximum absolute atomic E-state index is 12.7. The fourth-order valence-corrected chi connectivity index (χ4v) is 2.03. The van der Waals surface area contributed by atoms with Gasteiger partial charge in [0, 0.05) is 39.6 Å². The Balaban J connectivity index is 1.83. The summed E-state index contributed by atoms with van der Waals surface area (Å²) in [5.74, 6) is -2.30. The Morgan fingerprint density at radius 2 is 1.84 bits per heavy atom. The van der Waals surface area contributed by atoms with Gasteiger partial charge in [-0.1, -0.05) is 12.1 Å². The molecular weight excluding hydrogens is 250 g/mol. The lowest BCUT2D eigenvalue weighted by molar-refractivity contribution is -0.0229. The largest absolute Gasteiger partial charge is 0.487 e. The fraction of sp³-hybridized carbons (Fsp3) is 0.571. The number of piperazine rings is 1. The van der Waals surface area contributed by atoms with Crippen LogP contribution in [-0.4, -0.2) is 43.6 Å². The molecule has 1 aliphatic rings. The quantitative estimate of drug-likeness (QED) is 0.887. The Morgan fingerprint density at radius 1 is 1.21 bits per heavy atom. The average Bonchev–Trinajstić information content (AvgIpc) is 2.38. The highest BCUT2D eigenvalue weighted by Gasteiger charge is 2.21. The zero-order valence-corrected chi connectivity index (χ0v) is 11.2. The van der Waals surface area contributed by atoms with Gasteiger partial charge in [0.15, 0.2) is 6.61 Å². The van der Waals surface area contributed by atoms with Crippen LogP contribution in [0.25, 0.3) is 0 Å². The minimum absolute atomic E-state index is 0.491. The van der Waals surface area contributed by atoms with Gasteiger partial charge in [-0.2, -0.15) is 0 Å². The Morgan fingerprint density at radius 3 is 2.42 bits per heavy atom. The SMILES string of the molecule is CC(F)(F)COc1ccc(CN2CCNCC2)cc1. The normalized spacial score (nSPS) is 17.4. The van der Waals surface area contributed by atoms with E-state index in [4.69, 9.17) is 4.74 Å². The third-order valence-electron chi connectivity index (χ3n) is 3.03. The summed E-state index contributed by atoms with van der Waals surface area (Å²) < 4.78 is 30.4. The minimum Gasteiger partial charge on any atom is -0.487 e. The van der Waals surface area contributed by atoms with E-state index in [9.17, 15) is 8.78 Å². The van der Waals surface area contributed by atoms with Crippen molar-refractivity contribution in [3.63, 3.8) is 0 Å². The van der Waals surface area contributed by atoms with Crippen molar-refractivity contribution >= 4 is 0 Å². The molecule has 0 spiro atoms. The summed E-state index contributed by atoms with van der Waals surface area (Å²) in [6, 6.07) is 7.38. The molecule has 0 saturated carbocycles. The second kappa shape index (κ2) is 6.30. The van der Waals surface area contributed by atoms with E-state index in [-0.39, 0.29) is 0 Å².